The van der Waals surface area contributed by atoms with Crippen molar-refractivity contribution in [3.8, 4) is 11.4 Å². The molecule has 0 bridgehead atoms. The van der Waals surface area contributed by atoms with Crippen molar-refractivity contribution < 1.29 is 0 Å². The largest absolute Gasteiger partial charge is 0.383 e. The summed E-state index contributed by atoms with van der Waals surface area (Å²) in [5.41, 5.74) is 9.11. The molecule has 0 unspecified atom stereocenters. The molecule has 2 N–H and O–H groups in total. The third-order valence-electron chi connectivity index (χ3n) is 2.81. The molecule has 0 aliphatic rings. The van der Waals surface area contributed by atoms with Gasteiger partial charge in [-0.2, -0.15) is 0 Å². The number of hydrogen-bond acceptors (Lipinski definition) is 4. The van der Waals surface area contributed by atoms with E-state index in [1.807, 2.05) is 12.3 Å². The van der Waals surface area contributed by atoms with Crippen LogP contribution in [0.1, 0.15) is 25.1 Å². The second-order valence-electron chi connectivity index (χ2n) is 3.93. The standard InChI is InChI=1S/C13H15IN4/c1-3-8-7-16-6-5-9(8)13-17-10(4-2)11(14)12(15)18-13/h5-7H,3-4H2,1-2H3,(H2,15,17,18). The number of halogens is 1. The van der Waals surface area contributed by atoms with Crippen LogP contribution in [0.4, 0.5) is 5.82 Å². The molecule has 4 nitrogen and oxygen atoms in total. The Kier molecular flexibility index (Phi) is 4.11. The van der Waals surface area contributed by atoms with Crippen molar-refractivity contribution in [1.82, 2.24) is 15.0 Å². The van der Waals surface area contributed by atoms with Crippen LogP contribution in [-0.4, -0.2) is 15.0 Å². The first-order valence-electron chi connectivity index (χ1n) is 5.92. The molecule has 0 atom stereocenters. The fourth-order valence-corrected chi connectivity index (χ4v) is 2.42. The first-order chi connectivity index (χ1) is 8.67. The molecule has 0 saturated carbocycles. The third kappa shape index (κ3) is 2.45. The summed E-state index contributed by atoms with van der Waals surface area (Å²) in [6.45, 7) is 4.16. The number of anilines is 1. The van der Waals surface area contributed by atoms with Crippen LogP contribution in [0.5, 0.6) is 0 Å². The van der Waals surface area contributed by atoms with E-state index < -0.39 is 0 Å². The average molecular weight is 354 g/mol. The minimum Gasteiger partial charge on any atom is -0.383 e. The molecular formula is C13H15IN4. The summed E-state index contributed by atoms with van der Waals surface area (Å²) < 4.78 is 0.950. The zero-order valence-electron chi connectivity index (χ0n) is 10.4. The molecule has 2 aromatic rings. The second kappa shape index (κ2) is 5.60. The van der Waals surface area contributed by atoms with E-state index in [2.05, 4.69) is 51.4 Å². The van der Waals surface area contributed by atoms with Crippen molar-refractivity contribution in [3.05, 3.63) is 33.3 Å². The van der Waals surface area contributed by atoms with Gasteiger partial charge < -0.3 is 5.73 Å². The van der Waals surface area contributed by atoms with E-state index in [9.17, 15) is 0 Å². The van der Waals surface area contributed by atoms with E-state index in [4.69, 9.17) is 5.73 Å². The predicted octanol–water partition coefficient (Wildman–Crippen LogP) is 2.85. The van der Waals surface area contributed by atoms with Gasteiger partial charge >= 0.3 is 0 Å². The number of nitrogen functional groups attached to an aromatic ring is 1. The molecule has 2 aromatic heterocycles. The number of hydrogen-bond donors (Lipinski definition) is 1. The Morgan fingerprint density at radius 3 is 2.67 bits per heavy atom. The maximum Gasteiger partial charge on any atom is 0.162 e. The monoisotopic (exact) mass is 354 g/mol. The van der Waals surface area contributed by atoms with Crippen molar-refractivity contribution in [1.29, 1.82) is 0 Å². The van der Waals surface area contributed by atoms with Gasteiger partial charge in [0.25, 0.3) is 0 Å². The van der Waals surface area contributed by atoms with Crippen molar-refractivity contribution in [2.24, 2.45) is 0 Å². The van der Waals surface area contributed by atoms with Crippen LogP contribution in [0.2, 0.25) is 0 Å². The van der Waals surface area contributed by atoms with Gasteiger partial charge in [-0.15, -0.1) is 0 Å². The lowest BCUT2D eigenvalue weighted by molar-refractivity contribution is 0.987. The average Bonchev–Trinajstić information content (AvgIpc) is 2.41. The fourth-order valence-electron chi connectivity index (χ4n) is 1.79. The number of nitrogens with zero attached hydrogens (tertiary/aromatic N) is 3. The van der Waals surface area contributed by atoms with Crippen LogP contribution in [-0.2, 0) is 12.8 Å². The molecule has 5 heteroatoms. The zero-order chi connectivity index (χ0) is 13.1. The Bertz CT molecular complexity index is 569. The summed E-state index contributed by atoms with van der Waals surface area (Å²) >= 11 is 2.20. The highest BCUT2D eigenvalue weighted by Gasteiger charge is 2.12. The van der Waals surface area contributed by atoms with Gasteiger partial charge in [0.2, 0.25) is 0 Å². The van der Waals surface area contributed by atoms with E-state index in [-0.39, 0.29) is 0 Å². The number of rotatable bonds is 3. The van der Waals surface area contributed by atoms with Crippen LogP contribution in [0.3, 0.4) is 0 Å². The van der Waals surface area contributed by atoms with Crippen molar-refractivity contribution in [2.75, 3.05) is 5.73 Å². The van der Waals surface area contributed by atoms with Gasteiger partial charge in [-0.1, -0.05) is 13.8 Å². The summed E-state index contributed by atoms with van der Waals surface area (Å²) in [7, 11) is 0. The quantitative estimate of drug-likeness (QED) is 0.861. The van der Waals surface area contributed by atoms with Crippen LogP contribution in [0.15, 0.2) is 18.5 Å². The molecule has 2 heterocycles. The SMILES string of the molecule is CCc1cnccc1-c1nc(N)c(I)c(CC)n1. The summed E-state index contributed by atoms with van der Waals surface area (Å²) in [5.74, 6) is 1.25. The summed E-state index contributed by atoms with van der Waals surface area (Å²) in [4.78, 5) is 13.1. The highest BCUT2D eigenvalue weighted by atomic mass is 127. The summed E-state index contributed by atoms with van der Waals surface area (Å²) in [6.07, 6.45) is 5.38. The van der Waals surface area contributed by atoms with E-state index in [1.54, 1.807) is 6.20 Å². The van der Waals surface area contributed by atoms with Gasteiger partial charge in [0, 0.05) is 18.0 Å². The molecule has 0 saturated heterocycles. The highest BCUT2D eigenvalue weighted by molar-refractivity contribution is 14.1. The molecule has 0 radical (unpaired) electrons. The normalized spacial score (nSPS) is 10.6. The van der Waals surface area contributed by atoms with Crippen LogP contribution in [0.25, 0.3) is 11.4 Å². The van der Waals surface area contributed by atoms with Crippen LogP contribution >= 0.6 is 22.6 Å². The van der Waals surface area contributed by atoms with Gasteiger partial charge in [0.15, 0.2) is 5.82 Å². The minimum atomic E-state index is 0.552. The fraction of sp³-hybridized carbons (Fsp3) is 0.308. The third-order valence-corrected chi connectivity index (χ3v) is 3.98. The van der Waals surface area contributed by atoms with Crippen LogP contribution < -0.4 is 5.73 Å². The van der Waals surface area contributed by atoms with E-state index >= 15 is 0 Å². The molecule has 0 amide bonds. The summed E-state index contributed by atoms with van der Waals surface area (Å²) in [6, 6.07) is 1.94. The molecule has 0 aliphatic heterocycles. The van der Waals surface area contributed by atoms with Gasteiger partial charge in [-0.05, 0) is 47.1 Å². The minimum absolute atomic E-state index is 0.552. The molecule has 0 aliphatic carbocycles. The lowest BCUT2D eigenvalue weighted by Gasteiger charge is -2.10. The van der Waals surface area contributed by atoms with Crippen LogP contribution in [0, 0.1) is 3.57 Å². The van der Waals surface area contributed by atoms with Gasteiger partial charge in [-0.3, -0.25) is 4.98 Å². The Hall–Kier alpha value is -1.24. The van der Waals surface area contributed by atoms with Gasteiger partial charge in [0.1, 0.15) is 5.82 Å². The molecule has 0 aromatic carbocycles. The second-order valence-corrected chi connectivity index (χ2v) is 5.01. The Balaban J connectivity index is 2.61. The topological polar surface area (TPSA) is 64.7 Å². The van der Waals surface area contributed by atoms with Crippen molar-refractivity contribution >= 4 is 28.4 Å². The first kappa shape index (κ1) is 13.2. The first-order valence-corrected chi connectivity index (χ1v) is 7.00. The molecule has 2 rings (SSSR count). The zero-order valence-corrected chi connectivity index (χ0v) is 12.6. The van der Waals surface area contributed by atoms with Crippen molar-refractivity contribution in [3.63, 3.8) is 0 Å². The summed E-state index contributed by atoms with van der Waals surface area (Å²) in [5, 5.41) is 0. The van der Waals surface area contributed by atoms with Gasteiger partial charge in [-0.25, -0.2) is 9.97 Å². The molecule has 18 heavy (non-hydrogen) atoms. The Labute approximate surface area is 120 Å². The number of aryl methyl sites for hydroxylation is 2. The maximum absolute atomic E-state index is 5.95. The molecule has 0 spiro atoms. The van der Waals surface area contributed by atoms with E-state index in [0.29, 0.717) is 11.6 Å². The van der Waals surface area contributed by atoms with Crippen molar-refractivity contribution in [2.45, 2.75) is 26.7 Å². The molecule has 0 fully saturated rings. The predicted molar refractivity (Wildman–Crippen MR) is 81.1 cm³/mol. The molecule has 94 valence electrons. The maximum atomic E-state index is 5.95. The van der Waals surface area contributed by atoms with Gasteiger partial charge in [0.05, 0.1) is 9.26 Å². The van der Waals surface area contributed by atoms with E-state index in [1.165, 1.54) is 0 Å². The highest BCUT2D eigenvalue weighted by Crippen LogP contribution is 2.24. The molecular weight excluding hydrogens is 339 g/mol. The Morgan fingerprint density at radius 2 is 2.00 bits per heavy atom. The number of nitrogens with two attached hydrogens (primary N) is 1. The lowest BCUT2D eigenvalue weighted by Crippen LogP contribution is -2.05. The number of aromatic nitrogens is 3. The Morgan fingerprint density at radius 1 is 1.22 bits per heavy atom. The number of pyridine rings is 1. The van der Waals surface area contributed by atoms with E-state index in [0.717, 1.165) is 33.2 Å². The lowest BCUT2D eigenvalue weighted by atomic mass is 10.1. The smallest absolute Gasteiger partial charge is 0.162 e.